The molecule has 0 bridgehead atoms. The van der Waals surface area contributed by atoms with E-state index < -0.39 is 47.7 Å². The smallest absolute Gasteiger partial charge is 0.326 e. The van der Waals surface area contributed by atoms with Crippen LogP contribution in [0.5, 0.6) is 5.75 Å². The normalized spacial score (nSPS) is 13.2. The molecule has 35 heavy (non-hydrogen) atoms. The van der Waals surface area contributed by atoms with Crippen molar-refractivity contribution in [1.82, 2.24) is 16.0 Å². The topological polar surface area (TPSA) is 240 Å². The zero-order valence-corrected chi connectivity index (χ0v) is 19.4. The minimum Gasteiger partial charge on any atom is -0.508 e. The highest BCUT2D eigenvalue weighted by atomic mass is 16.4. The number of aromatic hydroxyl groups is 1. The molecule has 0 saturated carbocycles. The number of phenols is 1. The molecule has 0 aliphatic carbocycles. The Morgan fingerprint density at radius 2 is 1.43 bits per heavy atom. The predicted octanol–water partition coefficient (Wildman–Crippen LogP) is -2.17. The van der Waals surface area contributed by atoms with Crippen molar-refractivity contribution in [2.75, 3.05) is 13.1 Å². The molecule has 11 N–H and O–H groups in total. The van der Waals surface area contributed by atoms with Crippen LogP contribution in [0.4, 0.5) is 0 Å². The second kappa shape index (κ2) is 15.2. The highest BCUT2D eigenvalue weighted by Gasteiger charge is 2.29. The third kappa shape index (κ3) is 11.3. The molecule has 0 fully saturated rings. The standard InChI is InChI=1S/C22H34N6O7/c23-10-2-1-3-16(22(34)35)28-20(32)15(8-9-18(25)30)27-21(33)17(26-19(31)12-24)11-13-4-6-14(29)7-5-13/h4-7,15-17,29H,1-3,8-12,23-24H2,(H2,25,30)(H,26,31)(H,27,33)(H,28,32)(H,34,35). The van der Waals surface area contributed by atoms with Gasteiger partial charge in [-0.1, -0.05) is 12.1 Å². The molecule has 4 amide bonds. The van der Waals surface area contributed by atoms with Crippen molar-refractivity contribution in [1.29, 1.82) is 0 Å². The van der Waals surface area contributed by atoms with E-state index in [9.17, 15) is 34.2 Å². The first-order chi connectivity index (χ1) is 16.6. The highest BCUT2D eigenvalue weighted by Crippen LogP contribution is 2.12. The fraction of sp³-hybridized carbons (Fsp3) is 0.500. The van der Waals surface area contributed by atoms with E-state index in [1.807, 2.05) is 0 Å². The number of phenolic OH excluding ortho intramolecular Hbond substituents is 1. The van der Waals surface area contributed by atoms with Gasteiger partial charge in [-0.15, -0.1) is 0 Å². The molecule has 3 unspecified atom stereocenters. The van der Waals surface area contributed by atoms with Crippen LogP contribution in [0.1, 0.15) is 37.7 Å². The number of carboxylic acids is 1. The van der Waals surface area contributed by atoms with Crippen LogP contribution in [0.15, 0.2) is 24.3 Å². The molecule has 1 aromatic rings. The molecular weight excluding hydrogens is 460 g/mol. The first-order valence-corrected chi connectivity index (χ1v) is 11.2. The third-order valence-corrected chi connectivity index (χ3v) is 5.09. The van der Waals surface area contributed by atoms with Gasteiger partial charge in [0.1, 0.15) is 23.9 Å². The van der Waals surface area contributed by atoms with Gasteiger partial charge in [0.25, 0.3) is 0 Å². The molecule has 0 aromatic heterocycles. The van der Waals surface area contributed by atoms with Crippen LogP contribution in [0, 0.1) is 0 Å². The summed E-state index contributed by atoms with van der Waals surface area (Å²) < 4.78 is 0. The van der Waals surface area contributed by atoms with Crippen molar-refractivity contribution in [2.45, 2.75) is 56.7 Å². The Balaban J connectivity index is 3.03. The van der Waals surface area contributed by atoms with Crippen LogP contribution < -0.4 is 33.2 Å². The summed E-state index contributed by atoms with van der Waals surface area (Å²) in [6, 6.07) is 2.29. The number of hydrogen-bond donors (Lipinski definition) is 8. The van der Waals surface area contributed by atoms with Crippen molar-refractivity contribution in [3.63, 3.8) is 0 Å². The summed E-state index contributed by atoms with van der Waals surface area (Å²) in [7, 11) is 0. The zero-order valence-electron chi connectivity index (χ0n) is 19.4. The summed E-state index contributed by atoms with van der Waals surface area (Å²) in [6.07, 6.45) is 0.747. The van der Waals surface area contributed by atoms with E-state index in [0.717, 1.165) is 0 Å². The maximum absolute atomic E-state index is 13.0. The maximum Gasteiger partial charge on any atom is 0.326 e. The van der Waals surface area contributed by atoms with Gasteiger partial charge < -0.3 is 43.4 Å². The van der Waals surface area contributed by atoms with Gasteiger partial charge in [0, 0.05) is 12.8 Å². The van der Waals surface area contributed by atoms with E-state index in [0.29, 0.717) is 24.9 Å². The number of carboxylic acid groups (broad SMARTS) is 1. The first-order valence-electron chi connectivity index (χ1n) is 11.2. The summed E-state index contributed by atoms with van der Waals surface area (Å²) in [4.78, 5) is 60.6. The van der Waals surface area contributed by atoms with E-state index in [4.69, 9.17) is 17.2 Å². The van der Waals surface area contributed by atoms with E-state index >= 15 is 0 Å². The van der Waals surface area contributed by atoms with Gasteiger partial charge >= 0.3 is 5.97 Å². The van der Waals surface area contributed by atoms with Crippen molar-refractivity contribution in [2.24, 2.45) is 17.2 Å². The van der Waals surface area contributed by atoms with Crippen LogP contribution in [0.3, 0.4) is 0 Å². The summed E-state index contributed by atoms with van der Waals surface area (Å²) in [5.74, 6) is -4.13. The fourth-order valence-corrected chi connectivity index (χ4v) is 3.18. The van der Waals surface area contributed by atoms with Crippen molar-refractivity contribution in [3.05, 3.63) is 29.8 Å². The molecular formula is C22H34N6O7. The second-order valence-corrected chi connectivity index (χ2v) is 7.94. The van der Waals surface area contributed by atoms with Crippen molar-refractivity contribution in [3.8, 4) is 5.75 Å². The largest absolute Gasteiger partial charge is 0.508 e. The highest BCUT2D eigenvalue weighted by molar-refractivity contribution is 5.94. The minimum absolute atomic E-state index is 0.0127. The predicted molar refractivity (Wildman–Crippen MR) is 126 cm³/mol. The Hall–Kier alpha value is -3.71. The fourth-order valence-electron chi connectivity index (χ4n) is 3.18. The number of rotatable bonds is 16. The monoisotopic (exact) mass is 494 g/mol. The Bertz CT molecular complexity index is 878. The van der Waals surface area contributed by atoms with Gasteiger partial charge in [0.05, 0.1) is 6.54 Å². The van der Waals surface area contributed by atoms with Crippen LogP contribution in [0.25, 0.3) is 0 Å². The number of amides is 4. The lowest BCUT2D eigenvalue weighted by Crippen LogP contribution is -2.56. The zero-order chi connectivity index (χ0) is 26.4. The molecule has 0 heterocycles. The molecule has 0 saturated heterocycles. The summed E-state index contributed by atoms with van der Waals surface area (Å²) in [5, 5.41) is 26.2. The number of nitrogens with one attached hydrogen (secondary N) is 3. The first kappa shape index (κ1) is 29.3. The second-order valence-electron chi connectivity index (χ2n) is 7.94. The summed E-state index contributed by atoms with van der Waals surface area (Å²) in [5.41, 5.74) is 16.5. The molecule has 194 valence electrons. The minimum atomic E-state index is -1.29. The molecule has 0 spiro atoms. The van der Waals surface area contributed by atoms with Gasteiger partial charge in [0.15, 0.2) is 0 Å². The SMILES string of the molecule is NCCCCC(NC(=O)C(CCC(N)=O)NC(=O)C(Cc1ccc(O)cc1)NC(=O)CN)C(=O)O. The van der Waals surface area contributed by atoms with E-state index in [1.54, 1.807) is 12.1 Å². The molecule has 0 aliphatic rings. The lowest BCUT2D eigenvalue weighted by Gasteiger charge is -2.24. The molecule has 13 heteroatoms. The van der Waals surface area contributed by atoms with Crippen LogP contribution >= 0.6 is 0 Å². The Morgan fingerprint density at radius 3 is 1.97 bits per heavy atom. The number of carbonyl (C=O) groups excluding carboxylic acids is 4. The summed E-state index contributed by atoms with van der Waals surface area (Å²) in [6.45, 7) is -0.0114. The molecule has 0 radical (unpaired) electrons. The molecule has 1 aromatic carbocycles. The number of carbonyl (C=O) groups is 5. The van der Waals surface area contributed by atoms with Crippen LogP contribution in [-0.2, 0) is 30.4 Å². The Kier molecular flexibility index (Phi) is 12.8. The quantitative estimate of drug-likeness (QED) is 0.116. The van der Waals surface area contributed by atoms with Gasteiger partial charge in [0.2, 0.25) is 23.6 Å². The lowest BCUT2D eigenvalue weighted by molar-refractivity contribution is -0.142. The van der Waals surface area contributed by atoms with Crippen molar-refractivity contribution < 1.29 is 34.2 Å². The summed E-state index contributed by atoms with van der Waals surface area (Å²) >= 11 is 0. The Morgan fingerprint density at radius 1 is 0.829 bits per heavy atom. The van der Waals surface area contributed by atoms with Crippen molar-refractivity contribution >= 4 is 29.6 Å². The number of unbranched alkanes of at least 4 members (excludes halogenated alkanes) is 1. The van der Waals surface area contributed by atoms with Gasteiger partial charge in [-0.3, -0.25) is 19.2 Å². The average Bonchev–Trinajstić information content (AvgIpc) is 2.81. The molecule has 3 atom stereocenters. The van der Waals surface area contributed by atoms with E-state index in [-0.39, 0.29) is 38.0 Å². The average molecular weight is 495 g/mol. The number of nitrogens with two attached hydrogens (primary N) is 3. The van der Waals surface area contributed by atoms with Gasteiger partial charge in [-0.05, 0) is 49.9 Å². The maximum atomic E-state index is 13.0. The molecule has 0 aliphatic heterocycles. The number of benzene rings is 1. The number of aliphatic carboxylic acids is 1. The van der Waals surface area contributed by atoms with E-state index in [2.05, 4.69) is 16.0 Å². The van der Waals surface area contributed by atoms with Crippen LogP contribution in [0.2, 0.25) is 0 Å². The van der Waals surface area contributed by atoms with Gasteiger partial charge in [-0.25, -0.2) is 4.79 Å². The molecule has 13 nitrogen and oxygen atoms in total. The number of primary amides is 1. The number of hydrogen-bond acceptors (Lipinski definition) is 8. The lowest BCUT2D eigenvalue weighted by atomic mass is 10.0. The van der Waals surface area contributed by atoms with Gasteiger partial charge in [-0.2, -0.15) is 0 Å². The van der Waals surface area contributed by atoms with E-state index in [1.165, 1.54) is 12.1 Å². The Labute approximate surface area is 202 Å². The van der Waals surface area contributed by atoms with Crippen LogP contribution in [-0.4, -0.2) is 71.0 Å². The molecule has 1 rings (SSSR count). The third-order valence-electron chi connectivity index (χ3n) is 5.09.